The molecule has 0 aliphatic carbocycles. The number of aromatic amines is 1. The highest BCUT2D eigenvalue weighted by molar-refractivity contribution is 7.98. The average Bonchev–Trinajstić information content (AvgIpc) is 3.08. The standard InChI is InChI=1S/C17H18N4S.H2/c1-5-15-18-13(9-21(15)6-2)10-22-17-19-14-8-11(3)7-12(4)16(14)20-17;/h5-9H,1-2,10H2,3-4H3,(H,19,20);1H. The number of imidazole rings is 2. The van der Waals surface area contributed by atoms with Gasteiger partial charge in [-0.15, -0.1) is 0 Å². The van der Waals surface area contributed by atoms with Crippen LogP contribution >= 0.6 is 11.8 Å². The van der Waals surface area contributed by atoms with Crippen molar-refractivity contribution < 1.29 is 1.43 Å². The number of H-pyrrole nitrogens is 1. The summed E-state index contributed by atoms with van der Waals surface area (Å²) < 4.78 is 1.87. The van der Waals surface area contributed by atoms with E-state index in [0.29, 0.717) is 0 Å². The predicted octanol–water partition coefficient (Wildman–Crippen LogP) is 4.66. The third kappa shape index (κ3) is 2.72. The molecule has 3 rings (SSSR count). The van der Waals surface area contributed by atoms with E-state index < -0.39 is 0 Å². The molecule has 1 N–H and O–H groups in total. The molecule has 0 fully saturated rings. The quantitative estimate of drug-likeness (QED) is 0.697. The van der Waals surface area contributed by atoms with Crippen molar-refractivity contribution in [3.63, 3.8) is 0 Å². The summed E-state index contributed by atoms with van der Waals surface area (Å²) in [6.45, 7) is 11.7. The SMILES string of the molecule is C=Cc1nc(CSc2nc3c(C)cc(C)cc3[nH]2)cn1C=C.[HH]. The van der Waals surface area contributed by atoms with Crippen LogP contribution in [-0.4, -0.2) is 19.5 Å². The molecular weight excluding hydrogens is 292 g/mol. The van der Waals surface area contributed by atoms with Gasteiger partial charge in [0, 0.05) is 19.6 Å². The van der Waals surface area contributed by atoms with Gasteiger partial charge in [-0.3, -0.25) is 0 Å². The molecule has 0 amide bonds. The zero-order chi connectivity index (χ0) is 15.7. The molecule has 0 aliphatic rings. The van der Waals surface area contributed by atoms with Crippen LogP contribution in [0.5, 0.6) is 0 Å². The van der Waals surface area contributed by atoms with E-state index in [1.807, 2.05) is 10.8 Å². The lowest BCUT2D eigenvalue weighted by Gasteiger charge is -1.95. The van der Waals surface area contributed by atoms with Crippen molar-refractivity contribution in [1.82, 2.24) is 19.5 Å². The van der Waals surface area contributed by atoms with Crippen LogP contribution in [0.15, 0.2) is 36.6 Å². The first kappa shape index (κ1) is 14.7. The number of hydrogen-bond acceptors (Lipinski definition) is 3. The molecule has 0 unspecified atom stereocenters. The fourth-order valence-corrected chi connectivity index (χ4v) is 3.25. The van der Waals surface area contributed by atoms with E-state index >= 15 is 0 Å². The molecule has 2 heterocycles. The molecule has 0 spiro atoms. The van der Waals surface area contributed by atoms with Crippen LogP contribution in [0.4, 0.5) is 0 Å². The van der Waals surface area contributed by atoms with E-state index in [0.717, 1.165) is 33.5 Å². The minimum Gasteiger partial charge on any atom is -0.333 e. The number of nitrogens with zero attached hydrogens (tertiary/aromatic N) is 3. The minimum absolute atomic E-state index is 0. The first-order valence-electron chi connectivity index (χ1n) is 7.03. The Balaban J connectivity index is 0.00000192. The minimum atomic E-state index is 0. The maximum absolute atomic E-state index is 4.67. The smallest absolute Gasteiger partial charge is 0.166 e. The van der Waals surface area contributed by atoms with Gasteiger partial charge in [-0.2, -0.15) is 0 Å². The molecule has 0 radical (unpaired) electrons. The van der Waals surface area contributed by atoms with E-state index in [4.69, 9.17) is 0 Å². The third-order valence-corrected chi connectivity index (χ3v) is 4.35. The lowest BCUT2D eigenvalue weighted by atomic mass is 10.1. The summed E-state index contributed by atoms with van der Waals surface area (Å²) in [7, 11) is 0. The van der Waals surface area contributed by atoms with Gasteiger partial charge in [-0.1, -0.05) is 31.0 Å². The Morgan fingerprint density at radius 2 is 2.14 bits per heavy atom. The zero-order valence-electron chi connectivity index (χ0n) is 12.8. The molecule has 0 aliphatic heterocycles. The van der Waals surface area contributed by atoms with Crippen molar-refractivity contribution >= 4 is 35.1 Å². The number of aromatic nitrogens is 4. The maximum Gasteiger partial charge on any atom is 0.166 e. The topological polar surface area (TPSA) is 46.5 Å². The van der Waals surface area contributed by atoms with Crippen LogP contribution in [0.3, 0.4) is 0 Å². The number of rotatable bonds is 5. The van der Waals surface area contributed by atoms with Crippen LogP contribution in [0.2, 0.25) is 0 Å². The van der Waals surface area contributed by atoms with Gasteiger partial charge in [-0.05, 0) is 37.1 Å². The van der Waals surface area contributed by atoms with E-state index in [1.165, 1.54) is 11.1 Å². The Morgan fingerprint density at radius 1 is 1.32 bits per heavy atom. The highest BCUT2D eigenvalue weighted by atomic mass is 32.2. The van der Waals surface area contributed by atoms with E-state index in [-0.39, 0.29) is 1.43 Å². The van der Waals surface area contributed by atoms with E-state index in [1.54, 1.807) is 24.0 Å². The molecule has 114 valence electrons. The normalized spacial score (nSPS) is 11.0. The number of hydrogen-bond donors (Lipinski definition) is 1. The molecule has 22 heavy (non-hydrogen) atoms. The lowest BCUT2D eigenvalue weighted by molar-refractivity contribution is 1.07. The molecule has 0 saturated heterocycles. The molecule has 2 aromatic heterocycles. The Hall–Kier alpha value is -2.27. The summed E-state index contributed by atoms with van der Waals surface area (Å²) in [5.41, 5.74) is 5.54. The molecule has 3 aromatic rings. The fourth-order valence-electron chi connectivity index (χ4n) is 2.49. The number of fused-ring (bicyclic) bond motifs is 1. The number of benzene rings is 1. The Labute approximate surface area is 135 Å². The molecule has 5 heteroatoms. The third-order valence-electron chi connectivity index (χ3n) is 3.45. The molecule has 0 saturated carbocycles. The fraction of sp³-hybridized carbons (Fsp3) is 0.176. The highest BCUT2D eigenvalue weighted by Crippen LogP contribution is 2.25. The molecule has 4 nitrogen and oxygen atoms in total. The first-order valence-corrected chi connectivity index (χ1v) is 8.01. The van der Waals surface area contributed by atoms with E-state index in [9.17, 15) is 0 Å². The molecule has 0 atom stereocenters. The highest BCUT2D eigenvalue weighted by Gasteiger charge is 2.09. The average molecular weight is 312 g/mol. The van der Waals surface area contributed by atoms with Gasteiger partial charge >= 0.3 is 0 Å². The molecule has 0 bridgehead atoms. The van der Waals surface area contributed by atoms with Crippen LogP contribution in [0.25, 0.3) is 23.3 Å². The van der Waals surface area contributed by atoms with Crippen LogP contribution in [0, 0.1) is 13.8 Å². The monoisotopic (exact) mass is 312 g/mol. The summed E-state index contributed by atoms with van der Waals surface area (Å²) in [6, 6.07) is 4.28. The van der Waals surface area contributed by atoms with Crippen molar-refractivity contribution in [1.29, 1.82) is 0 Å². The van der Waals surface area contributed by atoms with Crippen molar-refractivity contribution in [2.45, 2.75) is 24.8 Å². The predicted molar refractivity (Wildman–Crippen MR) is 95.9 cm³/mol. The van der Waals surface area contributed by atoms with Gasteiger partial charge in [0.1, 0.15) is 5.82 Å². The lowest BCUT2D eigenvalue weighted by Crippen LogP contribution is -1.85. The Kier molecular flexibility index (Phi) is 3.90. The van der Waals surface area contributed by atoms with Crippen molar-refractivity contribution in [2.75, 3.05) is 0 Å². The number of aryl methyl sites for hydroxylation is 2. The summed E-state index contributed by atoms with van der Waals surface area (Å²) in [6.07, 6.45) is 5.42. The van der Waals surface area contributed by atoms with Gasteiger partial charge in [0.05, 0.1) is 16.7 Å². The summed E-state index contributed by atoms with van der Waals surface area (Å²) in [4.78, 5) is 12.6. The van der Waals surface area contributed by atoms with Gasteiger partial charge in [0.15, 0.2) is 5.16 Å². The van der Waals surface area contributed by atoms with E-state index in [2.05, 4.69) is 54.1 Å². The molecule has 1 aromatic carbocycles. The Morgan fingerprint density at radius 3 is 2.82 bits per heavy atom. The summed E-state index contributed by atoms with van der Waals surface area (Å²) >= 11 is 1.65. The second kappa shape index (κ2) is 5.85. The second-order valence-corrected chi connectivity index (χ2v) is 6.16. The maximum atomic E-state index is 4.67. The van der Waals surface area contributed by atoms with Crippen LogP contribution < -0.4 is 0 Å². The summed E-state index contributed by atoms with van der Waals surface area (Å²) in [5.74, 6) is 1.56. The number of nitrogens with one attached hydrogen (secondary N) is 1. The largest absolute Gasteiger partial charge is 0.333 e. The van der Waals surface area contributed by atoms with Crippen LogP contribution in [0.1, 0.15) is 24.1 Å². The van der Waals surface area contributed by atoms with Crippen LogP contribution in [-0.2, 0) is 5.75 Å². The van der Waals surface area contributed by atoms with Gasteiger partial charge in [0.2, 0.25) is 0 Å². The number of thioether (sulfide) groups is 1. The summed E-state index contributed by atoms with van der Waals surface area (Å²) in [5, 5.41) is 0.914. The van der Waals surface area contributed by atoms with Gasteiger partial charge in [0.25, 0.3) is 0 Å². The van der Waals surface area contributed by atoms with Gasteiger partial charge in [-0.25, -0.2) is 9.97 Å². The Bertz CT molecular complexity index is 837. The van der Waals surface area contributed by atoms with Crippen molar-refractivity contribution in [2.24, 2.45) is 0 Å². The zero-order valence-corrected chi connectivity index (χ0v) is 13.6. The molecular formula is C17H20N4S. The van der Waals surface area contributed by atoms with Crippen molar-refractivity contribution in [3.8, 4) is 0 Å². The van der Waals surface area contributed by atoms with Gasteiger partial charge < -0.3 is 9.55 Å². The second-order valence-electron chi connectivity index (χ2n) is 5.19. The first-order chi connectivity index (χ1) is 10.6. The van der Waals surface area contributed by atoms with Crippen molar-refractivity contribution in [3.05, 3.63) is 54.1 Å².